The number of nitrogens with one attached hydrogen (secondary N) is 1. The molecule has 0 saturated heterocycles. The molecule has 2 N–H and O–H groups in total. The van der Waals surface area contributed by atoms with Crippen LogP contribution in [0, 0.1) is 5.82 Å². The number of alkyl halides is 3. The van der Waals surface area contributed by atoms with Gasteiger partial charge in [0.15, 0.2) is 0 Å². The molecule has 0 aliphatic carbocycles. The third-order valence-corrected chi connectivity index (χ3v) is 3.71. The van der Waals surface area contributed by atoms with E-state index in [0.717, 1.165) is 0 Å². The van der Waals surface area contributed by atoms with Crippen molar-refractivity contribution >= 4 is 23.2 Å². The average Bonchev–Trinajstić information content (AvgIpc) is 2.48. The van der Waals surface area contributed by atoms with Gasteiger partial charge in [-0.05, 0) is 30.7 Å². The maximum atomic E-state index is 13.7. The highest BCUT2D eigenvalue weighted by Crippen LogP contribution is 2.34. The SMILES string of the molecule is CC(O)(C(=O)Nc1ccc(-c2ccccc2F)cc1Cl)C(F)(F)F. The fourth-order valence-electron chi connectivity index (χ4n) is 1.85. The average molecular weight is 362 g/mol. The zero-order valence-corrected chi connectivity index (χ0v) is 13.0. The molecule has 0 radical (unpaired) electrons. The van der Waals surface area contributed by atoms with Crippen molar-refractivity contribution in [3.63, 3.8) is 0 Å². The Balaban J connectivity index is 2.29. The van der Waals surface area contributed by atoms with Crippen LogP contribution in [0.2, 0.25) is 5.02 Å². The first-order valence-electron chi connectivity index (χ1n) is 6.69. The summed E-state index contributed by atoms with van der Waals surface area (Å²) < 4.78 is 51.6. The summed E-state index contributed by atoms with van der Waals surface area (Å²) in [5, 5.41) is 11.1. The minimum atomic E-state index is -5.14. The molecular formula is C16H12ClF4NO2. The number of aliphatic hydroxyl groups is 1. The molecule has 3 nitrogen and oxygen atoms in total. The summed E-state index contributed by atoms with van der Waals surface area (Å²) in [6.45, 7) is 0.337. The molecule has 2 rings (SSSR count). The number of benzene rings is 2. The van der Waals surface area contributed by atoms with Crippen LogP contribution in [0.15, 0.2) is 42.5 Å². The van der Waals surface area contributed by atoms with Gasteiger partial charge in [-0.1, -0.05) is 35.9 Å². The smallest absolute Gasteiger partial charge is 0.373 e. The second-order valence-corrected chi connectivity index (χ2v) is 5.61. The van der Waals surface area contributed by atoms with Crippen LogP contribution >= 0.6 is 11.6 Å². The van der Waals surface area contributed by atoms with E-state index in [-0.39, 0.29) is 16.3 Å². The van der Waals surface area contributed by atoms with Gasteiger partial charge in [0, 0.05) is 5.56 Å². The van der Waals surface area contributed by atoms with Crippen molar-refractivity contribution in [2.45, 2.75) is 18.7 Å². The van der Waals surface area contributed by atoms with Crippen LogP contribution in [-0.2, 0) is 4.79 Å². The number of amides is 1. The zero-order valence-electron chi connectivity index (χ0n) is 12.3. The molecule has 128 valence electrons. The van der Waals surface area contributed by atoms with Crippen molar-refractivity contribution in [1.29, 1.82) is 0 Å². The maximum Gasteiger partial charge on any atom is 0.426 e. The van der Waals surface area contributed by atoms with E-state index in [9.17, 15) is 27.5 Å². The number of carbonyl (C=O) groups is 1. The predicted octanol–water partition coefficient (Wildman–Crippen LogP) is 4.40. The Morgan fingerprint density at radius 3 is 2.33 bits per heavy atom. The van der Waals surface area contributed by atoms with E-state index in [1.807, 2.05) is 5.32 Å². The first kappa shape index (κ1) is 18.2. The largest absolute Gasteiger partial charge is 0.426 e. The Labute approximate surface area is 139 Å². The van der Waals surface area contributed by atoms with Gasteiger partial charge < -0.3 is 10.4 Å². The molecule has 0 bridgehead atoms. The molecule has 0 aliphatic rings. The van der Waals surface area contributed by atoms with Crippen molar-refractivity contribution < 1.29 is 27.5 Å². The minimum absolute atomic E-state index is 0.0953. The summed E-state index contributed by atoms with van der Waals surface area (Å²) in [6, 6.07) is 9.80. The first-order chi connectivity index (χ1) is 11.0. The molecule has 0 heterocycles. The van der Waals surface area contributed by atoms with Crippen LogP contribution in [0.25, 0.3) is 11.1 Å². The van der Waals surface area contributed by atoms with Crippen LogP contribution < -0.4 is 5.32 Å². The third kappa shape index (κ3) is 3.52. The number of anilines is 1. The van der Waals surface area contributed by atoms with E-state index in [1.165, 1.54) is 36.4 Å². The van der Waals surface area contributed by atoms with Crippen molar-refractivity contribution in [2.75, 3.05) is 5.32 Å². The number of hydrogen-bond acceptors (Lipinski definition) is 2. The van der Waals surface area contributed by atoms with Crippen molar-refractivity contribution in [3.05, 3.63) is 53.3 Å². The number of halogens is 5. The van der Waals surface area contributed by atoms with Gasteiger partial charge in [-0.3, -0.25) is 4.79 Å². The summed E-state index contributed by atoms with van der Waals surface area (Å²) in [5.74, 6) is -2.17. The Morgan fingerprint density at radius 1 is 1.17 bits per heavy atom. The highest BCUT2D eigenvalue weighted by molar-refractivity contribution is 6.34. The lowest BCUT2D eigenvalue weighted by atomic mass is 10.0. The molecule has 0 fully saturated rings. The molecule has 1 atom stereocenters. The number of hydrogen-bond donors (Lipinski definition) is 2. The lowest BCUT2D eigenvalue weighted by Gasteiger charge is -2.25. The van der Waals surface area contributed by atoms with Gasteiger partial charge in [-0.2, -0.15) is 13.2 Å². The Bertz CT molecular complexity index is 775. The van der Waals surface area contributed by atoms with Gasteiger partial charge in [-0.25, -0.2) is 4.39 Å². The normalized spacial score (nSPS) is 14.1. The molecule has 2 aromatic carbocycles. The van der Waals surface area contributed by atoms with Crippen LogP contribution in [0.4, 0.5) is 23.2 Å². The fraction of sp³-hybridized carbons (Fsp3) is 0.188. The molecule has 1 unspecified atom stereocenters. The van der Waals surface area contributed by atoms with E-state index in [1.54, 1.807) is 6.07 Å². The number of carbonyl (C=O) groups excluding carboxylic acids is 1. The Kier molecular flexibility index (Phi) is 4.87. The molecule has 2 aromatic rings. The molecule has 0 saturated carbocycles. The molecule has 0 aliphatic heterocycles. The molecule has 24 heavy (non-hydrogen) atoms. The van der Waals surface area contributed by atoms with E-state index >= 15 is 0 Å². The molecular weight excluding hydrogens is 350 g/mol. The fourth-order valence-corrected chi connectivity index (χ4v) is 2.08. The van der Waals surface area contributed by atoms with Crippen molar-refractivity contribution in [2.24, 2.45) is 0 Å². The van der Waals surface area contributed by atoms with E-state index in [0.29, 0.717) is 12.5 Å². The van der Waals surface area contributed by atoms with Crippen molar-refractivity contribution in [1.82, 2.24) is 0 Å². The second-order valence-electron chi connectivity index (χ2n) is 5.20. The standard InChI is InChI=1S/C16H12ClF4NO2/c1-15(24,16(19,20)21)14(23)22-13-7-6-9(8-11(13)17)10-4-2-3-5-12(10)18/h2-8,24H,1H3,(H,22,23). The van der Waals surface area contributed by atoms with Crippen LogP contribution in [0.3, 0.4) is 0 Å². The van der Waals surface area contributed by atoms with Gasteiger partial charge in [0.25, 0.3) is 5.91 Å². The summed E-state index contributed by atoms with van der Waals surface area (Å²) in [5.41, 5.74) is -3.06. The monoisotopic (exact) mass is 361 g/mol. The lowest BCUT2D eigenvalue weighted by Crippen LogP contribution is -2.52. The van der Waals surface area contributed by atoms with Crippen LogP contribution in [-0.4, -0.2) is 22.8 Å². The van der Waals surface area contributed by atoms with Gasteiger partial charge >= 0.3 is 6.18 Å². The lowest BCUT2D eigenvalue weighted by molar-refractivity contribution is -0.242. The third-order valence-electron chi connectivity index (χ3n) is 3.40. The minimum Gasteiger partial charge on any atom is -0.373 e. The topological polar surface area (TPSA) is 49.3 Å². The molecule has 8 heteroatoms. The maximum absolute atomic E-state index is 13.7. The Morgan fingerprint density at radius 2 is 1.79 bits per heavy atom. The highest BCUT2D eigenvalue weighted by atomic mass is 35.5. The van der Waals surface area contributed by atoms with E-state index < -0.39 is 23.5 Å². The predicted molar refractivity (Wildman–Crippen MR) is 82.2 cm³/mol. The summed E-state index contributed by atoms with van der Waals surface area (Å²) in [4.78, 5) is 11.6. The van der Waals surface area contributed by atoms with Gasteiger partial charge in [0.05, 0.1) is 10.7 Å². The molecule has 0 aromatic heterocycles. The summed E-state index contributed by atoms with van der Waals surface area (Å²) >= 11 is 5.94. The molecule has 0 spiro atoms. The van der Waals surface area contributed by atoms with Crippen LogP contribution in [0.1, 0.15) is 6.92 Å². The van der Waals surface area contributed by atoms with Gasteiger partial charge in [0.2, 0.25) is 5.60 Å². The Hall–Kier alpha value is -2.12. The zero-order chi connectivity index (χ0) is 18.1. The first-order valence-corrected chi connectivity index (χ1v) is 7.07. The second kappa shape index (κ2) is 6.41. The van der Waals surface area contributed by atoms with E-state index in [4.69, 9.17) is 11.6 Å². The summed E-state index contributed by atoms with van der Waals surface area (Å²) in [7, 11) is 0. The van der Waals surface area contributed by atoms with E-state index in [2.05, 4.69) is 0 Å². The van der Waals surface area contributed by atoms with Gasteiger partial charge in [-0.15, -0.1) is 0 Å². The van der Waals surface area contributed by atoms with Crippen molar-refractivity contribution in [3.8, 4) is 11.1 Å². The molecule has 1 amide bonds. The number of rotatable bonds is 3. The highest BCUT2D eigenvalue weighted by Gasteiger charge is 2.55. The summed E-state index contributed by atoms with van der Waals surface area (Å²) in [6.07, 6.45) is -5.14. The quantitative estimate of drug-likeness (QED) is 0.796. The van der Waals surface area contributed by atoms with Crippen LogP contribution in [0.5, 0.6) is 0 Å². The van der Waals surface area contributed by atoms with Gasteiger partial charge in [0.1, 0.15) is 5.82 Å².